The number of nitrogens with one attached hydrogen (secondary N) is 2. The minimum Gasteiger partial charge on any atom is -0.393 e. The molecule has 0 bridgehead atoms. The van der Waals surface area contributed by atoms with Crippen LogP contribution in [-0.4, -0.2) is 48.2 Å². The average Bonchev–Trinajstić information content (AvgIpc) is 3.22. The fourth-order valence-electron chi connectivity index (χ4n) is 4.65. The number of aliphatic hydroxyl groups is 1. The predicted octanol–water partition coefficient (Wildman–Crippen LogP) is 3.67. The highest BCUT2D eigenvalue weighted by Gasteiger charge is 2.31. The van der Waals surface area contributed by atoms with E-state index in [9.17, 15) is 5.11 Å². The summed E-state index contributed by atoms with van der Waals surface area (Å²) >= 11 is 0. The molecule has 0 aromatic heterocycles. The number of likely N-dealkylation sites (tertiary alicyclic amines) is 1. The normalized spacial score (nSPS) is 20.7. The lowest BCUT2D eigenvalue weighted by atomic mass is 9.83. The number of nitrogens with zero attached hydrogens (tertiary/aromatic N) is 2. The molecule has 1 aromatic carbocycles. The summed E-state index contributed by atoms with van der Waals surface area (Å²) in [5.41, 5.74) is 3.04. The first-order valence-corrected chi connectivity index (χ1v) is 11.6. The molecule has 0 unspecified atom stereocenters. The van der Waals surface area contributed by atoms with E-state index in [0.717, 1.165) is 51.5 Å². The van der Waals surface area contributed by atoms with Crippen LogP contribution in [0.2, 0.25) is 0 Å². The lowest BCUT2D eigenvalue weighted by Gasteiger charge is -2.29. The predicted molar refractivity (Wildman–Crippen MR) is 121 cm³/mol. The highest BCUT2D eigenvalue weighted by molar-refractivity contribution is 5.79. The molecule has 1 aliphatic carbocycles. The van der Waals surface area contributed by atoms with Gasteiger partial charge in [0, 0.05) is 32.7 Å². The third-order valence-corrected chi connectivity index (χ3v) is 6.80. The number of benzene rings is 1. The fraction of sp³-hybridized carbons (Fsp3) is 0.708. The molecule has 1 saturated heterocycles. The zero-order chi connectivity index (χ0) is 20.5. The van der Waals surface area contributed by atoms with Gasteiger partial charge in [-0.25, -0.2) is 4.99 Å². The van der Waals surface area contributed by atoms with Crippen LogP contribution >= 0.6 is 0 Å². The molecular formula is C24H40N4O. The summed E-state index contributed by atoms with van der Waals surface area (Å²) in [6.45, 7) is 10.0. The van der Waals surface area contributed by atoms with E-state index in [0.29, 0.717) is 12.0 Å². The van der Waals surface area contributed by atoms with E-state index in [1.54, 1.807) is 0 Å². The van der Waals surface area contributed by atoms with Crippen molar-refractivity contribution in [1.82, 2.24) is 15.5 Å². The Morgan fingerprint density at radius 1 is 1.07 bits per heavy atom. The van der Waals surface area contributed by atoms with Crippen LogP contribution in [0.5, 0.6) is 0 Å². The van der Waals surface area contributed by atoms with Gasteiger partial charge >= 0.3 is 0 Å². The second kappa shape index (κ2) is 11.0. The standard InChI is InChI=1S/C24H40N4O/c1-3-24(13-5-6-14-24)19-27-23(25-4-2)26-17-20-7-9-21(10-8-20)18-28-15-11-22(29)12-16-28/h7-10,22,29H,3-6,11-19H2,1-2H3,(H2,25,26,27). The first kappa shape index (κ1) is 22.1. The Morgan fingerprint density at radius 2 is 1.72 bits per heavy atom. The number of aliphatic imine (C=N–C) groups is 1. The molecule has 2 fully saturated rings. The van der Waals surface area contributed by atoms with Crippen molar-refractivity contribution >= 4 is 5.96 Å². The molecule has 0 radical (unpaired) electrons. The molecule has 0 spiro atoms. The van der Waals surface area contributed by atoms with Crippen molar-refractivity contribution in [3.05, 3.63) is 35.4 Å². The summed E-state index contributed by atoms with van der Waals surface area (Å²) in [7, 11) is 0. The van der Waals surface area contributed by atoms with Gasteiger partial charge in [0.2, 0.25) is 0 Å². The minimum absolute atomic E-state index is 0.105. The summed E-state index contributed by atoms with van der Waals surface area (Å²) in [6, 6.07) is 8.85. The van der Waals surface area contributed by atoms with E-state index in [4.69, 9.17) is 4.99 Å². The van der Waals surface area contributed by atoms with Gasteiger partial charge in [-0.2, -0.15) is 0 Å². The van der Waals surface area contributed by atoms with Crippen molar-refractivity contribution < 1.29 is 5.11 Å². The summed E-state index contributed by atoms with van der Waals surface area (Å²) in [4.78, 5) is 7.25. The largest absolute Gasteiger partial charge is 0.393 e. The minimum atomic E-state index is -0.105. The molecule has 0 atom stereocenters. The van der Waals surface area contributed by atoms with E-state index in [1.165, 1.54) is 43.2 Å². The molecular weight excluding hydrogens is 360 g/mol. The highest BCUT2D eigenvalue weighted by Crippen LogP contribution is 2.40. The van der Waals surface area contributed by atoms with E-state index in [-0.39, 0.29) is 6.10 Å². The molecule has 5 nitrogen and oxygen atoms in total. The van der Waals surface area contributed by atoms with Crippen LogP contribution < -0.4 is 10.6 Å². The molecule has 3 rings (SSSR count). The summed E-state index contributed by atoms with van der Waals surface area (Å²) in [6.07, 6.45) is 8.35. The van der Waals surface area contributed by atoms with Gasteiger partial charge in [-0.1, -0.05) is 44.0 Å². The quantitative estimate of drug-likeness (QED) is 0.460. The van der Waals surface area contributed by atoms with E-state index >= 15 is 0 Å². The third-order valence-electron chi connectivity index (χ3n) is 6.80. The number of rotatable bonds is 8. The Labute approximate surface area is 177 Å². The molecule has 2 aliphatic rings. The average molecular weight is 401 g/mol. The zero-order valence-electron chi connectivity index (χ0n) is 18.4. The second-order valence-electron chi connectivity index (χ2n) is 8.93. The zero-order valence-corrected chi connectivity index (χ0v) is 18.4. The Morgan fingerprint density at radius 3 is 2.34 bits per heavy atom. The summed E-state index contributed by atoms with van der Waals surface area (Å²) in [5.74, 6) is 0.933. The number of guanidine groups is 1. The van der Waals surface area contributed by atoms with Crippen LogP contribution in [0.3, 0.4) is 0 Å². The molecule has 1 heterocycles. The Bertz CT molecular complexity index is 629. The van der Waals surface area contributed by atoms with Gasteiger partial charge in [0.05, 0.1) is 12.6 Å². The van der Waals surface area contributed by atoms with E-state index in [2.05, 4.69) is 53.6 Å². The molecule has 162 valence electrons. The van der Waals surface area contributed by atoms with Crippen molar-refractivity contribution in [3.63, 3.8) is 0 Å². The van der Waals surface area contributed by atoms with Gasteiger partial charge in [0.1, 0.15) is 0 Å². The summed E-state index contributed by atoms with van der Waals surface area (Å²) < 4.78 is 0. The van der Waals surface area contributed by atoms with Gasteiger partial charge in [-0.05, 0) is 55.6 Å². The maximum atomic E-state index is 9.65. The Hall–Kier alpha value is -1.59. The molecule has 1 aliphatic heterocycles. The monoisotopic (exact) mass is 400 g/mol. The van der Waals surface area contributed by atoms with Crippen LogP contribution in [0.25, 0.3) is 0 Å². The van der Waals surface area contributed by atoms with Gasteiger partial charge in [0.25, 0.3) is 0 Å². The number of hydrogen-bond donors (Lipinski definition) is 3. The van der Waals surface area contributed by atoms with Crippen LogP contribution in [0.1, 0.15) is 69.9 Å². The third kappa shape index (κ3) is 6.71. The molecule has 1 aromatic rings. The lowest BCUT2D eigenvalue weighted by molar-refractivity contribution is 0.0792. The molecule has 5 heteroatoms. The van der Waals surface area contributed by atoms with Crippen LogP contribution in [-0.2, 0) is 13.1 Å². The van der Waals surface area contributed by atoms with Gasteiger partial charge in [0.15, 0.2) is 5.96 Å². The number of piperidine rings is 1. The first-order valence-electron chi connectivity index (χ1n) is 11.6. The van der Waals surface area contributed by atoms with Crippen molar-refractivity contribution in [2.24, 2.45) is 10.4 Å². The second-order valence-corrected chi connectivity index (χ2v) is 8.93. The van der Waals surface area contributed by atoms with Gasteiger partial charge in [-0.3, -0.25) is 4.90 Å². The van der Waals surface area contributed by atoms with Gasteiger partial charge < -0.3 is 15.7 Å². The van der Waals surface area contributed by atoms with Crippen molar-refractivity contribution in [3.8, 4) is 0 Å². The van der Waals surface area contributed by atoms with Crippen molar-refractivity contribution in [2.45, 2.75) is 78.0 Å². The maximum absolute atomic E-state index is 9.65. The highest BCUT2D eigenvalue weighted by atomic mass is 16.3. The number of hydrogen-bond acceptors (Lipinski definition) is 3. The fourth-order valence-corrected chi connectivity index (χ4v) is 4.65. The summed E-state index contributed by atoms with van der Waals surface area (Å²) in [5, 5.41) is 16.7. The lowest BCUT2D eigenvalue weighted by Crippen LogP contribution is -2.42. The molecule has 1 saturated carbocycles. The molecule has 29 heavy (non-hydrogen) atoms. The SMILES string of the molecule is CCNC(=NCc1ccc(CN2CCC(O)CC2)cc1)NCC1(CC)CCCC1. The first-order chi connectivity index (χ1) is 14.1. The van der Waals surface area contributed by atoms with Crippen LogP contribution in [0, 0.1) is 5.41 Å². The van der Waals surface area contributed by atoms with E-state index in [1.807, 2.05) is 0 Å². The van der Waals surface area contributed by atoms with E-state index < -0.39 is 0 Å². The molecule has 3 N–H and O–H groups in total. The molecule has 0 amide bonds. The Balaban J connectivity index is 1.50. The van der Waals surface area contributed by atoms with Crippen LogP contribution in [0.15, 0.2) is 29.3 Å². The maximum Gasteiger partial charge on any atom is 0.191 e. The van der Waals surface area contributed by atoms with Crippen molar-refractivity contribution in [1.29, 1.82) is 0 Å². The van der Waals surface area contributed by atoms with Crippen molar-refractivity contribution in [2.75, 3.05) is 26.2 Å². The van der Waals surface area contributed by atoms with Gasteiger partial charge in [-0.15, -0.1) is 0 Å². The number of aliphatic hydroxyl groups excluding tert-OH is 1. The smallest absolute Gasteiger partial charge is 0.191 e. The van der Waals surface area contributed by atoms with Crippen LogP contribution in [0.4, 0.5) is 0 Å². The Kier molecular flexibility index (Phi) is 8.37. The topological polar surface area (TPSA) is 59.9 Å².